The van der Waals surface area contributed by atoms with Gasteiger partial charge in [-0.2, -0.15) is 0 Å². The number of hydrogen-bond donors (Lipinski definition) is 1. The van der Waals surface area contributed by atoms with Crippen molar-refractivity contribution in [2.75, 3.05) is 24.4 Å². The van der Waals surface area contributed by atoms with Gasteiger partial charge < -0.3 is 15.2 Å². The number of rotatable bonds is 8. The topological polar surface area (TPSA) is 116 Å². The first kappa shape index (κ1) is 24.0. The van der Waals surface area contributed by atoms with Gasteiger partial charge >= 0.3 is 5.97 Å². The number of nitrogen functional groups attached to an aromatic ring is 1. The second-order valence-electron chi connectivity index (χ2n) is 7.73. The lowest BCUT2D eigenvalue weighted by Crippen LogP contribution is -2.31. The number of benzene rings is 3. The lowest BCUT2D eigenvalue weighted by Gasteiger charge is -2.15. The summed E-state index contributed by atoms with van der Waals surface area (Å²) in [5.74, 6) is -1.19. The molecule has 0 spiro atoms. The van der Waals surface area contributed by atoms with Crippen LogP contribution in [0.3, 0.4) is 0 Å². The van der Waals surface area contributed by atoms with Crippen molar-refractivity contribution >= 4 is 46.7 Å². The van der Waals surface area contributed by atoms with Crippen molar-refractivity contribution in [2.45, 2.75) is 16.6 Å². The van der Waals surface area contributed by atoms with Crippen LogP contribution in [-0.4, -0.2) is 42.5 Å². The molecule has 0 aromatic heterocycles. The van der Waals surface area contributed by atoms with Gasteiger partial charge in [0.25, 0.3) is 0 Å². The molecule has 1 saturated heterocycles. The van der Waals surface area contributed by atoms with Crippen molar-refractivity contribution in [2.24, 2.45) is 0 Å². The molecule has 3 aromatic carbocycles. The molecule has 0 bridgehead atoms. The summed E-state index contributed by atoms with van der Waals surface area (Å²) in [6, 6.07) is 19.6. The predicted molar refractivity (Wildman–Crippen MR) is 132 cm³/mol. The highest BCUT2D eigenvalue weighted by Gasteiger charge is 2.40. The molecule has 2 N–H and O–H groups in total. The lowest BCUT2D eigenvalue weighted by atomic mass is 10.1. The number of hydrogen-bond acceptors (Lipinski definition) is 8. The fourth-order valence-corrected chi connectivity index (χ4v) is 4.68. The zero-order chi connectivity index (χ0) is 24.9. The van der Waals surface area contributed by atoms with Gasteiger partial charge in [0.05, 0.1) is 23.6 Å². The number of anilines is 2. The smallest absolute Gasteiger partial charge is 0.338 e. The van der Waals surface area contributed by atoms with Gasteiger partial charge in [-0.3, -0.25) is 14.4 Å². The number of Topliss-reactive ketones (excluding diaryl/α,β-unsaturated/α-hetero) is 1. The van der Waals surface area contributed by atoms with E-state index in [0.29, 0.717) is 22.7 Å². The van der Waals surface area contributed by atoms with Crippen LogP contribution in [0.2, 0.25) is 0 Å². The summed E-state index contributed by atoms with van der Waals surface area (Å²) in [5, 5.41) is -0.559. The van der Waals surface area contributed by atoms with Crippen LogP contribution in [0.15, 0.2) is 77.7 Å². The Hall–Kier alpha value is -4.11. The van der Waals surface area contributed by atoms with E-state index in [2.05, 4.69) is 0 Å². The molecule has 8 nitrogen and oxygen atoms in total. The second kappa shape index (κ2) is 10.4. The number of ether oxygens (including phenoxy) is 2. The van der Waals surface area contributed by atoms with Gasteiger partial charge in [-0.1, -0.05) is 18.2 Å². The maximum Gasteiger partial charge on any atom is 0.338 e. The van der Waals surface area contributed by atoms with Gasteiger partial charge in [0.2, 0.25) is 11.8 Å². The van der Waals surface area contributed by atoms with Gasteiger partial charge in [-0.15, -0.1) is 11.8 Å². The van der Waals surface area contributed by atoms with Crippen molar-refractivity contribution in [1.29, 1.82) is 0 Å². The number of ketones is 1. The highest BCUT2D eigenvalue weighted by atomic mass is 32.2. The number of carbonyl (C=O) groups is 4. The first-order valence-electron chi connectivity index (χ1n) is 10.7. The van der Waals surface area contributed by atoms with E-state index < -0.39 is 17.8 Å². The van der Waals surface area contributed by atoms with E-state index >= 15 is 0 Å². The van der Waals surface area contributed by atoms with Crippen LogP contribution in [-0.2, 0) is 14.3 Å². The fraction of sp³-hybridized carbons (Fsp3) is 0.154. The largest absolute Gasteiger partial charge is 0.497 e. The Balaban J connectivity index is 1.38. The Bertz CT molecular complexity index is 1290. The van der Waals surface area contributed by atoms with Gasteiger partial charge in [-0.25, -0.2) is 9.69 Å². The molecule has 1 aliphatic heterocycles. The third-order valence-electron chi connectivity index (χ3n) is 5.33. The summed E-state index contributed by atoms with van der Waals surface area (Å²) >= 11 is 1.29. The number of methoxy groups -OCH3 is 1. The van der Waals surface area contributed by atoms with Crippen LogP contribution in [0.1, 0.15) is 27.1 Å². The molecule has 0 unspecified atom stereocenters. The van der Waals surface area contributed by atoms with Crippen LogP contribution in [0, 0.1) is 0 Å². The van der Waals surface area contributed by atoms with Crippen LogP contribution < -0.4 is 15.4 Å². The minimum atomic E-state index is -0.693. The second-order valence-corrected chi connectivity index (χ2v) is 9.00. The average molecular weight is 491 g/mol. The number of imide groups is 1. The van der Waals surface area contributed by atoms with Crippen LogP contribution in [0.5, 0.6) is 5.75 Å². The molecule has 0 saturated carbocycles. The number of carbonyl (C=O) groups excluding carboxylic acids is 4. The molecule has 178 valence electrons. The molecule has 1 atom stereocenters. The maximum atomic E-state index is 12.9. The predicted octanol–water partition coefficient (Wildman–Crippen LogP) is 3.74. The Morgan fingerprint density at radius 1 is 1.00 bits per heavy atom. The maximum absolute atomic E-state index is 12.9. The average Bonchev–Trinajstić information content (AvgIpc) is 3.14. The van der Waals surface area contributed by atoms with E-state index in [1.165, 1.54) is 43.1 Å². The summed E-state index contributed by atoms with van der Waals surface area (Å²) < 4.78 is 10.2. The number of nitrogens with zero attached hydrogens (tertiary/aromatic N) is 1. The molecule has 1 fully saturated rings. The van der Waals surface area contributed by atoms with Crippen molar-refractivity contribution in [1.82, 2.24) is 0 Å². The summed E-state index contributed by atoms with van der Waals surface area (Å²) in [7, 11) is 1.50. The monoisotopic (exact) mass is 490 g/mol. The van der Waals surface area contributed by atoms with Crippen LogP contribution in [0.4, 0.5) is 11.4 Å². The standard InChI is InChI=1S/C26H22N2O6S/c1-33-20-6-2-4-17(12-20)22(29)15-34-26(32)16-8-10-19(11-9-16)28-24(30)14-23(25(28)31)35-21-7-3-5-18(27)13-21/h2-13,23H,14-15,27H2,1H3/t23-/m1/s1. The lowest BCUT2D eigenvalue weighted by molar-refractivity contribution is -0.121. The molecule has 3 aromatic rings. The Labute approximate surface area is 206 Å². The van der Waals surface area contributed by atoms with E-state index in [1.807, 2.05) is 6.07 Å². The summed E-state index contributed by atoms with van der Waals surface area (Å²) in [6.07, 6.45) is 0.0640. The third kappa shape index (κ3) is 5.52. The van der Waals surface area contributed by atoms with E-state index in [9.17, 15) is 19.2 Å². The number of esters is 1. The van der Waals surface area contributed by atoms with E-state index in [0.717, 1.165) is 9.80 Å². The quantitative estimate of drug-likeness (QED) is 0.220. The van der Waals surface area contributed by atoms with Crippen LogP contribution >= 0.6 is 11.8 Å². The minimum absolute atomic E-state index is 0.0640. The Morgan fingerprint density at radius 3 is 2.46 bits per heavy atom. The third-order valence-corrected chi connectivity index (χ3v) is 6.51. The fourth-order valence-electron chi connectivity index (χ4n) is 3.56. The molecule has 9 heteroatoms. The van der Waals surface area contributed by atoms with Crippen molar-refractivity contribution in [3.05, 3.63) is 83.9 Å². The summed E-state index contributed by atoms with van der Waals surface area (Å²) in [4.78, 5) is 52.1. The molecular weight excluding hydrogens is 468 g/mol. The zero-order valence-electron chi connectivity index (χ0n) is 18.8. The highest BCUT2D eigenvalue weighted by Crippen LogP contribution is 2.34. The van der Waals surface area contributed by atoms with Crippen molar-refractivity contribution in [3.8, 4) is 5.75 Å². The Kier molecular flexibility index (Phi) is 7.17. The molecule has 4 rings (SSSR count). The van der Waals surface area contributed by atoms with E-state index in [-0.39, 0.29) is 29.6 Å². The van der Waals surface area contributed by atoms with Gasteiger partial charge in [0.15, 0.2) is 12.4 Å². The van der Waals surface area contributed by atoms with Gasteiger partial charge in [0, 0.05) is 22.6 Å². The first-order chi connectivity index (χ1) is 16.9. The minimum Gasteiger partial charge on any atom is -0.497 e. The van der Waals surface area contributed by atoms with Gasteiger partial charge in [0.1, 0.15) is 5.75 Å². The molecule has 35 heavy (non-hydrogen) atoms. The molecule has 1 aliphatic rings. The summed E-state index contributed by atoms with van der Waals surface area (Å²) in [6.45, 7) is -0.431. The molecule has 0 aliphatic carbocycles. The Morgan fingerprint density at radius 2 is 1.74 bits per heavy atom. The molecule has 0 radical (unpaired) electrons. The first-order valence-corrected chi connectivity index (χ1v) is 11.6. The normalized spacial score (nSPS) is 15.2. The van der Waals surface area contributed by atoms with E-state index in [4.69, 9.17) is 15.2 Å². The van der Waals surface area contributed by atoms with Gasteiger partial charge in [-0.05, 0) is 54.6 Å². The highest BCUT2D eigenvalue weighted by molar-refractivity contribution is 8.00. The zero-order valence-corrected chi connectivity index (χ0v) is 19.6. The molecule has 1 heterocycles. The SMILES string of the molecule is COc1cccc(C(=O)COC(=O)c2ccc(N3C(=O)C[C@@H](Sc4cccc(N)c4)C3=O)cc2)c1. The molecule has 2 amide bonds. The van der Waals surface area contributed by atoms with E-state index in [1.54, 1.807) is 42.5 Å². The molecular formula is C26H22N2O6S. The summed E-state index contributed by atoms with van der Waals surface area (Å²) in [5.41, 5.74) is 7.29. The van der Waals surface area contributed by atoms with Crippen molar-refractivity contribution in [3.63, 3.8) is 0 Å². The number of nitrogens with two attached hydrogens (primary N) is 1. The number of thioether (sulfide) groups is 1. The van der Waals surface area contributed by atoms with Crippen LogP contribution in [0.25, 0.3) is 0 Å². The number of amides is 2. The van der Waals surface area contributed by atoms with Crippen molar-refractivity contribution < 1.29 is 28.7 Å².